The summed E-state index contributed by atoms with van der Waals surface area (Å²) in [5.41, 5.74) is 0.367. The van der Waals surface area contributed by atoms with Crippen LogP contribution in [-0.4, -0.2) is 19.4 Å². The molecule has 0 saturated heterocycles. The molecule has 0 atom stereocenters. The van der Waals surface area contributed by atoms with Crippen LogP contribution >= 0.6 is 0 Å². The van der Waals surface area contributed by atoms with Crippen LogP contribution in [0.3, 0.4) is 0 Å². The van der Waals surface area contributed by atoms with Crippen molar-refractivity contribution < 1.29 is 18.3 Å². The van der Waals surface area contributed by atoms with Crippen LogP contribution in [0.25, 0.3) is 4.91 Å². The van der Waals surface area contributed by atoms with E-state index >= 15 is 0 Å². The van der Waals surface area contributed by atoms with Gasteiger partial charge in [0.05, 0.1) is 0 Å². The maximum absolute atomic E-state index is 11.4. The molecule has 1 aromatic rings. The van der Waals surface area contributed by atoms with Gasteiger partial charge in [0.1, 0.15) is 10.7 Å². The van der Waals surface area contributed by atoms with Crippen LogP contribution in [0.1, 0.15) is 5.56 Å². The Morgan fingerprint density at radius 3 is 2.20 bits per heavy atom. The van der Waals surface area contributed by atoms with Gasteiger partial charge in [-0.3, -0.25) is 4.79 Å². The van der Waals surface area contributed by atoms with Crippen LogP contribution in [-0.2, 0) is 14.8 Å². The molecular formula is C9H7NO4S. The van der Waals surface area contributed by atoms with Gasteiger partial charge in [0.25, 0.3) is 15.9 Å². The Balaban J connectivity index is 2.53. The van der Waals surface area contributed by atoms with E-state index in [0.717, 1.165) is 6.08 Å². The van der Waals surface area contributed by atoms with Crippen molar-refractivity contribution in [2.75, 3.05) is 0 Å². The standard InChI is InChI=1S/C9H7NO4S/c11-7-3-1-6(2-4-7)8-5-9(12)10-15(8,13)14/h1-5,11H,(H,10,12). The third-order valence-corrected chi connectivity index (χ3v) is 3.34. The second-order valence-corrected chi connectivity index (χ2v) is 4.68. The zero-order chi connectivity index (χ0) is 11.1. The Labute approximate surface area is 86.1 Å². The number of benzene rings is 1. The zero-order valence-electron chi connectivity index (χ0n) is 7.47. The predicted molar refractivity (Wildman–Crippen MR) is 53.1 cm³/mol. The number of sulfonamides is 1. The van der Waals surface area contributed by atoms with Gasteiger partial charge in [0.15, 0.2) is 0 Å². The molecule has 0 aliphatic carbocycles. The third kappa shape index (κ3) is 1.71. The molecular weight excluding hydrogens is 218 g/mol. The van der Waals surface area contributed by atoms with Crippen molar-refractivity contribution in [2.24, 2.45) is 0 Å². The summed E-state index contributed by atoms with van der Waals surface area (Å²) in [6.45, 7) is 0. The minimum atomic E-state index is -3.72. The quantitative estimate of drug-likeness (QED) is 0.714. The highest BCUT2D eigenvalue weighted by Crippen LogP contribution is 2.25. The molecule has 0 fully saturated rings. The topological polar surface area (TPSA) is 83.5 Å². The number of hydrogen-bond donors (Lipinski definition) is 2. The highest BCUT2D eigenvalue weighted by molar-refractivity contribution is 7.99. The van der Waals surface area contributed by atoms with E-state index in [1.54, 1.807) is 0 Å². The van der Waals surface area contributed by atoms with E-state index in [-0.39, 0.29) is 10.7 Å². The lowest BCUT2D eigenvalue weighted by atomic mass is 10.2. The minimum absolute atomic E-state index is 0.0361. The van der Waals surface area contributed by atoms with Gasteiger partial charge in [-0.15, -0.1) is 0 Å². The number of rotatable bonds is 1. The van der Waals surface area contributed by atoms with Crippen molar-refractivity contribution in [1.29, 1.82) is 0 Å². The van der Waals surface area contributed by atoms with E-state index in [4.69, 9.17) is 5.11 Å². The third-order valence-electron chi connectivity index (χ3n) is 1.94. The van der Waals surface area contributed by atoms with Crippen LogP contribution in [0.2, 0.25) is 0 Å². The Hall–Kier alpha value is -1.82. The fourth-order valence-electron chi connectivity index (χ4n) is 1.28. The molecule has 1 aliphatic heterocycles. The second-order valence-electron chi connectivity index (χ2n) is 3.03. The number of carbonyl (C=O) groups is 1. The van der Waals surface area contributed by atoms with Crippen molar-refractivity contribution in [3.63, 3.8) is 0 Å². The maximum Gasteiger partial charge on any atom is 0.265 e. The van der Waals surface area contributed by atoms with E-state index in [1.165, 1.54) is 24.3 Å². The number of amides is 1. The van der Waals surface area contributed by atoms with E-state index in [2.05, 4.69) is 0 Å². The van der Waals surface area contributed by atoms with E-state index < -0.39 is 15.9 Å². The lowest BCUT2D eigenvalue weighted by molar-refractivity contribution is -0.114. The Kier molecular flexibility index (Phi) is 2.01. The lowest BCUT2D eigenvalue weighted by Gasteiger charge is -2.01. The molecule has 78 valence electrons. The van der Waals surface area contributed by atoms with Gasteiger partial charge in [0, 0.05) is 6.08 Å². The molecule has 1 amide bonds. The first kappa shape index (κ1) is 9.72. The molecule has 2 rings (SSSR count). The molecule has 5 nitrogen and oxygen atoms in total. The van der Waals surface area contributed by atoms with Gasteiger partial charge < -0.3 is 5.11 Å². The predicted octanol–water partition coefficient (Wildman–Crippen LogP) is 0.193. The second kappa shape index (κ2) is 3.09. The number of phenolic OH excluding ortho intramolecular Hbond substituents is 1. The van der Waals surface area contributed by atoms with Gasteiger partial charge in [-0.25, -0.2) is 13.1 Å². The molecule has 1 heterocycles. The highest BCUT2D eigenvalue weighted by atomic mass is 32.2. The zero-order valence-corrected chi connectivity index (χ0v) is 8.28. The van der Waals surface area contributed by atoms with Crippen LogP contribution in [0.5, 0.6) is 5.75 Å². The summed E-state index contributed by atoms with van der Waals surface area (Å²) in [5.74, 6) is -0.618. The normalized spacial score (nSPS) is 18.4. The molecule has 0 radical (unpaired) electrons. The summed E-state index contributed by atoms with van der Waals surface area (Å²) in [7, 11) is -3.72. The number of carbonyl (C=O) groups excluding carboxylic acids is 1. The van der Waals surface area contributed by atoms with Crippen molar-refractivity contribution in [1.82, 2.24) is 4.72 Å². The van der Waals surface area contributed by atoms with Crippen LogP contribution < -0.4 is 4.72 Å². The van der Waals surface area contributed by atoms with Crippen LogP contribution in [0.15, 0.2) is 30.3 Å². The van der Waals surface area contributed by atoms with E-state index in [9.17, 15) is 13.2 Å². The number of nitrogens with one attached hydrogen (secondary N) is 1. The molecule has 0 unspecified atom stereocenters. The van der Waals surface area contributed by atoms with E-state index in [0.29, 0.717) is 5.56 Å². The Morgan fingerprint density at radius 1 is 1.13 bits per heavy atom. The van der Waals surface area contributed by atoms with Gasteiger partial charge in [-0.05, 0) is 29.8 Å². The average molecular weight is 225 g/mol. The molecule has 0 aromatic heterocycles. The van der Waals surface area contributed by atoms with Crippen molar-refractivity contribution in [2.45, 2.75) is 0 Å². The van der Waals surface area contributed by atoms with Gasteiger partial charge in [-0.1, -0.05) is 0 Å². The molecule has 1 aromatic carbocycles. The minimum Gasteiger partial charge on any atom is -0.508 e. The van der Waals surface area contributed by atoms with Crippen molar-refractivity contribution in [3.05, 3.63) is 35.9 Å². The SMILES string of the molecule is O=C1C=C(c2ccc(O)cc2)S(=O)(=O)N1. The largest absolute Gasteiger partial charge is 0.508 e. The molecule has 6 heteroatoms. The lowest BCUT2D eigenvalue weighted by Crippen LogP contribution is -2.22. The monoisotopic (exact) mass is 225 g/mol. The summed E-state index contributed by atoms with van der Waals surface area (Å²) < 4.78 is 24.6. The fourth-order valence-corrected chi connectivity index (χ4v) is 2.42. The first-order valence-corrected chi connectivity index (χ1v) is 5.55. The molecule has 1 aliphatic rings. The molecule has 2 N–H and O–H groups in total. The van der Waals surface area contributed by atoms with Gasteiger partial charge in [0.2, 0.25) is 0 Å². The van der Waals surface area contributed by atoms with Gasteiger partial charge >= 0.3 is 0 Å². The molecule has 0 bridgehead atoms. The first-order chi connectivity index (χ1) is 6.99. The maximum atomic E-state index is 11.4. The van der Waals surface area contributed by atoms with Crippen molar-refractivity contribution in [3.8, 4) is 5.75 Å². The number of hydrogen-bond acceptors (Lipinski definition) is 4. The summed E-state index contributed by atoms with van der Waals surface area (Å²) in [6.07, 6.45) is 1.02. The molecule has 0 spiro atoms. The Bertz CT molecular complexity index is 542. The van der Waals surface area contributed by atoms with Crippen LogP contribution in [0, 0.1) is 0 Å². The van der Waals surface area contributed by atoms with Crippen LogP contribution in [0.4, 0.5) is 0 Å². The highest BCUT2D eigenvalue weighted by Gasteiger charge is 2.28. The Morgan fingerprint density at radius 2 is 1.73 bits per heavy atom. The average Bonchev–Trinajstić information content (AvgIpc) is 2.41. The number of phenols is 1. The molecule has 15 heavy (non-hydrogen) atoms. The summed E-state index contributed by atoms with van der Waals surface area (Å²) in [5, 5.41) is 9.03. The molecule has 0 saturated carbocycles. The van der Waals surface area contributed by atoms with E-state index in [1.807, 2.05) is 4.72 Å². The smallest absolute Gasteiger partial charge is 0.265 e. The van der Waals surface area contributed by atoms with Gasteiger partial charge in [-0.2, -0.15) is 0 Å². The number of aromatic hydroxyl groups is 1. The summed E-state index contributed by atoms with van der Waals surface area (Å²) in [4.78, 5) is 10.8. The van der Waals surface area contributed by atoms with Crippen molar-refractivity contribution >= 4 is 20.8 Å². The summed E-state index contributed by atoms with van der Waals surface area (Å²) in [6, 6.07) is 5.57. The summed E-state index contributed by atoms with van der Waals surface area (Å²) >= 11 is 0. The first-order valence-electron chi connectivity index (χ1n) is 4.07. The fraction of sp³-hybridized carbons (Fsp3) is 0.